The quantitative estimate of drug-likeness (QED) is 0.484. The molecule has 0 saturated carbocycles. The van der Waals surface area contributed by atoms with Gasteiger partial charge in [0.15, 0.2) is 5.82 Å². The van der Waals surface area contributed by atoms with Crippen molar-refractivity contribution in [2.24, 2.45) is 7.05 Å². The standard InChI is InChI=1S/C19H17F3N6O3S/c1-11-15(10-28(25-11)16-8-13(6-7-23-16)19(20,21)22)32(29,30)26-17-14(31-3)5-4-12-9-24-27(2)18(12)17/h4-10,26H,1-3H3. The second-order valence-electron chi connectivity index (χ2n) is 6.88. The molecule has 0 unspecified atom stereocenters. The molecule has 0 bridgehead atoms. The summed E-state index contributed by atoms with van der Waals surface area (Å²) in [5.74, 6) is 0.102. The highest BCUT2D eigenvalue weighted by Crippen LogP contribution is 2.35. The van der Waals surface area contributed by atoms with Crippen LogP contribution in [0.2, 0.25) is 0 Å². The lowest BCUT2D eigenvalue weighted by Crippen LogP contribution is -2.15. The SMILES string of the molecule is COc1ccc2cnn(C)c2c1NS(=O)(=O)c1cn(-c2cc(C(F)(F)F)ccn2)nc1C. The van der Waals surface area contributed by atoms with Gasteiger partial charge in [-0.1, -0.05) is 0 Å². The van der Waals surface area contributed by atoms with E-state index >= 15 is 0 Å². The number of hydrogen-bond acceptors (Lipinski definition) is 6. The van der Waals surface area contributed by atoms with Gasteiger partial charge in [0.1, 0.15) is 16.3 Å². The van der Waals surface area contributed by atoms with Crippen LogP contribution in [0, 0.1) is 6.92 Å². The lowest BCUT2D eigenvalue weighted by atomic mass is 10.2. The average molecular weight is 466 g/mol. The van der Waals surface area contributed by atoms with Gasteiger partial charge in [-0.3, -0.25) is 9.40 Å². The van der Waals surface area contributed by atoms with E-state index in [2.05, 4.69) is 19.9 Å². The molecule has 168 valence electrons. The maximum absolute atomic E-state index is 13.2. The zero-order valence-electron chi connectivity index (χ0n) is 17.0. The number of rotatable bonds is 5. The van der Waals surface area contributed by atoms with E-state index < -0.39 is 21.8 Å². The van der Waals surface area contributed by atoms with Gasteiger partial charge in [-0.15, -0.1) is 0 Å². The molecule has 4 rings (SSSR count). The van der Waals surface area contributed by atoms with E-state index in [1.54, 1.807) is 25.4 Å². The molecule has 0 fully saturated rings. The van der Waals surface area contributed by atoms with Gasteiger partial charge in [-0.2, -0.15) is 23.4 Å². The van der Waals surface area contributed by atoms with Crippen molar-refractivity contribution in [3.05, 3.63) is 54.1 Å². The van der Waals surface area contributed by atoms with Crippen molar-refractivity contribution in [1.29, 1.82) is 0 Å². The van der Waals surface area contributed by atoms with Crippen LogP contribution in [0.4, 0.5) is 18.9 Å². The molecule has 1 N–H and O–H groups in total. The van der Waals surface area contributed by atoms with E-state index in [9.17, 15) is 21.6 Å². The van der Waals surface area contributed by atoms with Gasteiger partial charge >= 0.3 is 6.18 Å². The normalized spacial score (nSPS) is 12.3. The number of nitrogens with one attached hydrogen (secondary N) is 1. The average Bonchev–Trinajstić information content (AvgIpc) is 3.31. The van der Waals surface area contributed by atoms with Crippen LogP contribution in [0.1, 0.15) is 11.3 Å². The predicted molar refractivity (Wildman–Crippen MR) is 109 cm³/mol. The number of benzene rings is 1. The Bertz CT molecular complexity index is 1430. The molecule has 13 heteroatoms. The number of hydrogen-bond donors (Lipinski definition) is 1. The topological polar surface area (TPSA) is 104 Å². The van der Waals surface area contributed by atoms with E-state index in [0.29, 0.717) is 10.9 Å². The van der Waals surface area contributed by atoms with E-state index in [-0.39, 0.29) is 27.8 Å². The molecule has 0 aliphatic rings. The molecule has 3 aromatic heterocycles. The molecule has 9 nitrogen and oxygen atoms in total. The largest absolute Gasteiger partial charge is 0.494 e. The molecule has 0 atom stereocenters. The number of methoxy groups -OCH3 is 1. The monoisotopic (exact) mass is 466 g/mol. The Hall–Kier alpha value is -3.61. The summed E-state index contributed by atoms with van der Waals surface area (Å²) in [5, 5.41) is 8.86. The van der Waals surface area contributed by atoms with Crippen molar-refractivity contribution in [2.75, 3.05) is 11.8 Å². The van der Waals surface area contributed by atoms with Gasteiger partial charge in [-0.05, 0) is 31.2 Å². The summed E-state index contributed by atoms with van der Waals surface area (Å²) in [4.78, 5) is 3.65. The fraction of sp³-hybridized carbons (Fsp3) is 0.211. The highest BCUT2D eigenvalue weighted by molar-refractivity contribution is 7.92. The maximum atomic E-state index is 13.2. The number of aryl methyl sites for hydroxylation is 2. The lowest BCUT2D eigenvalue weighted by Gasteiger charge is -2.13. The Morgan fingerprint density at radius 2 is 1.94 bits per heavy atom. The Kier molecular flexibility index (Phi) is 5.07. The molecule has 1 aromatic carbocycles. The van der Waals surface area contributed by atoms with Crippen LogP contribution >= 0.6 is 0 Å². The lowest BCUT2D eigenvalue weighted by molar-refractivity contribution is -0.137. The Balaban J connectivity index is 1.77. The summed E-state index contributed by atoms with van der Waals surface area (Å²) in [6.07, 6.45) is -0.907. The number of aromatic nitrogens is 5. The first-order valence-electron chi connectivity index (χ1n) is 9.12. The van der Waals surface area contributed by atoms with E-state index in [0.717, 1.165) is 29.2 Å². The van der Waals surface area contributed by atoms with Crippen LogP contribution in [-0.4, -0.2) is 40.1 Å². The molecule has 4 aromatic rings. The number of alkyl halides is 3. The maximum Gasteiger partial charge on any atom is 0.416 e. The van der Waals surface area contributed by atoms with Crippen LogP contribution < -0.4 is 9.46 Å². The Labute approximate surface area is 180 Å². The second kappa shape index (κ2) is 7.51. The number of fused-ring (bicyclic) bond motifs is 1. The zero-order chi connectivity index (χ0) is 23.3. The van der Waals surface area contributed by atoms with Gasteiger partial charge in [-0.25, -0.2) is 18.1 Å². The van der Waals surface area contributed by atoms with Crippen molar-refractivity contribution < 1.29 is 26.3 Å². The molecule has 32 heavy (non-hydrogen) atoms. The number of ether oxygens (including phenoxy) is 1. The van der Waals surface area contributed by atoms with Crippen LogP contribution in [-0.2, 0) is 23.2 Å². The zero-order valence-corrected chi connectivity index (χ0v) is 17.9. The first-order chi connectivity index (χ1) is 15.0. The predicted octanol–water partition coefficient (Wildman–Crippen LogP) is 3.29. The van der Waals surface area contributed by atoms with Gasteiger partial charge in [0, 0.05) is 18.6 Å². The molecule has 0 saturated heterocycles. The van der Waals surface area contributed by atoms with E-state index in [1.807, 2.05) is 0 Å². The number of sulfonamides is 1. The smallest absolute Gasteiger partial charge is 0.416 e. The minimum Gasteiger partial charge on any atom is -0.494 e. The summed E-state index contributed by atoms with van der Waals surface area (Å²) >= 11 is 0. The molecule has 0 aliphatic heterocycles. The van der Waals surface area contributed by atoms with Crippen LogP contribution in [0.25, 0.3) is 16.7 Å². The van der Waals surface area contributed by atoms with E-state index in [4.69, 9.17) is 4.74 Å². The van der Waals surface area contributed by atoms with Gasteiger partial charge < -0.3 is 4.74 Å². The minimum absolute atomic E-state index is 0.0767. The summed E-state index contributed by atoms with van der Waals surface area (Å²) in [5.41, 5.74) is -0.175. The molecule has 0 aliphatic carbocycles. The summed E-state index contributed by atoms with van der Waals surface area (Å²) in [7, 11) is -1.14. The number of pyridine rings is 1. The van der Waals surface area contributed by atoms with Crippen LogP contribution in [0.15, 0.2) is 47.8 Å². The molecule has 3 heterocycles. The fourth-order valence-corrected chi connectivity index (χ4v) is 4.50. The third kappa shape index (κ3) is 3.75. The number of anilines is 1. The van der Waals surface area contributed by atoms with Gasteiger partial charge in [0.25, 0.3) is 10.0 Å². The highest BCUT2D eigenvalue weighted by atomic mass is 32.2. The van der Waals surface area contributed by atoms with Crippen LogP contribution in [0.5, 0.6) is 5.75 Å². The molecule has 0 radical (unpaired) electrons. The summed E-state index contributed by atoms with van der Waals surface area (Å²) in [6, 6.07) is 4.95. The van der Waals surface area contributed by atoms with Crippen molar-refractivity contribution >= 4 is 26.6 Å². The van der Waals surface area contributed by atoms with Crippen molar-refractivity contribution in [3.8, 4) is 11.6 Å². The second-order valence-corrected chi connectivity index (χ2v) is 8.53. The molecular formula is C19H17F3N6O3S. The Morgan fingerprint density at radius 1 is 1.19 bits per heavy atom. The fourth-order valence-electron chi connectivity index (χ4n) is 3.25. The summed E-state index contributed by atoms with van der Waals surface area (Å²) in [6.45, 7) is 1.43. The van der Waals surface area contributed by atoms with Gasteiger partial charge in [0.05, 0.1) is 36.3 Å². The first-order valence-corrected chi connectivity index (χ1v) is 10.6. The first kappa shape index (κ1) is 21.6. The minimum atomic E-state index is -4.57. The Morgan fingerprint density at radius 3 is 2.62 bits per heavy atom. The number of halogens is 3. The highest BCUT2D eigenvalue weighted by Gasteiger charge is 2.31. The third-order valence-corrected chi connectivity index (χ3v) is 6.22. The van der Waals surface area contributed by atoms with E-state index in [1.165, 1.54) is 18.7 Å². The molecular weight excluding hydrogens is 449 g/mol. The third-order valence-electron chi connectivity index (χ3n) is 4.77. The van der Waals surface area contributed by atoms with Crippen LogP contribution in [0.3, 0.4) is 0 Å². The van der Waals surface area contributed by atoms with Crippen molar-refractivity contribution in [2.45, 2.75) is 18.0 Å². The number of nitrogens with zero attached hydrogens (tertiary/aromatic N) is 5. The van der Waals surface area contributed by atoms with Crippen molar-refractivity contribution in [3.63, 3.8) is 0 Å². The summed E-state index contributed by atoms with van der Waals surface area (Å²) < 4.78 is 75.7. The van der Waals surface area contributed by atoms with Gasteiger partial charge in [0.2, 0.25) is 0 Å². The molecule has 0 spiro atoms. The van der Waals surface area contributed by atoms with Crippen molar-refractivity contribution in [1.82, 2.24) is 24.5 Å². The molecule has 0 amide bonds.